The van der Waals surface area contributed by atoms with Crippen molar-refractivity contribution in [1.82, 2.24) is 9.80 Å². The van der Waals surface area contributed by atoms with E-state index in [1.54, 1.807) is 12.1 Å². The van der Waals surface area contributed by atoms with Gasteiger partial charge in [-0.15, -0.1) is 0 Å². The molecule has 0 aliphatic carbocycles. The Morgan fingerprint density at radius 1 is 1.15 bits per heavy atom. The third-order valence-corrected chi connectivity index (χ3v) is 5.08. The molecule has 1 saturated heterocycles. The molecule has 1 aliphatic rings. The summed E-state index contributed by atoms with van der Waals surface area (Å²) < 4.78 is 0. The highest BCUT2D eigenvalue weighted by molar-refractivity contribution is 5.95. The van der Waals surface area contributed by atoms with E-state index in [4.69, 9.17) is 0 Å². The van der Waals surface area contributed by atoms with Crippen molar-refractivity contribution in [3.8, 4) is 5.75 Å². The van der Waals surface area contributed by atoms with Gasteiger partial charge in [0.2, 0.25) is 0 Å². The van der Waals surface area contributed by atoms with E-state index in [1.807, 2.05) is 17.9 Å². The summed E-state index contributed by atoms with van der Waals surface area (Å²) >= 11 is 0. The monoisotopic (exact) mass is 352 g/mol. The molecule has 0 bridgehead atoms. The second-order valence-electron chi connectivity index (χ2n) is 7.49. The van der Waals surface area contributed by atoms with Gasteiger partial charge in [0, 0.05) is 18.7 Å². The molecule has 2 aromatic rings. The van der Waals surface area contributed by atoms with Gasteiger partial charge in [-0.3, -0.25) is 4.79 Å². The van der Waals surface area contributed by atoms with Gasteiger partial charge in [0.1, 0.15) is 5.75 Å². The number of amides is 1. The zero-order valence-corrected chi connectivity index (χ0v) is 15.9. The Morgan fingerprint density at radius 3 is 2.54 bits per heavy atom. The summed E-state index contributed by atoms with van der Waals surface area (Å²) in [7, 11) is 4.12. The lowest BCUT2D eigenvalue weighted by molar-refractivity contribution is 0.0611. The first-order valence-electron chi connectivity index (χ1n) is 9.30. The summed E-state index contributed by atoms with van der Waals surface area (Å²) in [6.07, 6.45) is 3.14. The number of nitrogens with zero attached hydrogens (tertiary/aromatic N) is 2. The lowest BCUT2D eigenvalue weighted by atomic mass is 9.93. The summed E-state index contributed by atoms with van der Waals surface area (Å²) in [6.45, 7) is 3.51. The van der Waals surface area contributed by atoms with Crippen LogP contribution in [-0.4, -0.2) is 41.5 Å². The number of carbonyl (C=O) groups excluding carboxylic acids is 1. The second kappa shape index (κ2) is 7.92. The number of phenols is 1. The lowest BCUT2D eigenvalue weighted by Crippen LogP contribution is -2.38. The zero-order valence-electron chi connectivity index (χ0n) is 15.9. The molecule has 1 fully saturated rings. The van der Waals surface area contributed by atoms with E-state index < -0.39 is 0 Å². The van der Waals surface area contributed by atoms with E-state index in [2.05, 4.69) is 43.3 Å². The van der Waals surface area contributed by atoms with Crippen LogP contribution >= 0.6 is 0 Å². The Balaban J connectivity index is 1.83. The highest BCUT2D eigenvalue weighted by Gasteiger charge is 2.28. The van der Waals surface area contributed by atoms with Gasteiger partial charge in [-0.1, -0.05) is 30.3 Å². The van der Waals surface area contributed by atoms with Crippen molar-refractivity contribution < 1.29 is 9.90 Å². The molecular formula is C22H28N2O2. The average molecular weight is 352 g/mol. The van der Waals surface area contributed by atoms with Gasteiger partial charge >= 0.3 is 0 Å². The van der Waals surface area contributed by atoms with Gasteiger partial charge in [0.15, 0.2) is 0 Å². The van der Waals surface area contributed by atoms with Crippen LogP contribution < -0.4 is 0 Å². The predicted molar refractivity (Wildman–Crippen MR) is 104 cm³/mol. The van der Waals surface area contributed by atoms with Crippen LogP contribution in [0.25, 0.3) is 0 Å². The highest BCUT2D eigenvalue weighted by Crippen LogP contribution is 2.33. The third-order valence-electron chi connectivity index (χ3n) is 5.08. The first-order valence-corrected chi connectivity index (χ1v) is 9.30. The number of carbonyl (C=O) groups is 1. The van der Waals surface area contributed by atoms with Crippen molar-refractivity contribution in [2.24, 2.45) is 0 Å². The van der Waals surface area contributed by atoms with E-state index >= 15 is 0 Å². The van der Waals surface area contributed by atoms with Crippen LogP contribution in [0.4, 0.5) is 0 Å². The number of phenolic OH excluding ortho intramolecular Hbond substituents is 1. The lowest BCUT2D eigenvalue weighted by Gasteiger charge is -2.36. The van der Waals surface area contributed by atoms with Gasteiger partial charge in [0.25, 0.3) is 5.91 Å². The van der Waals surface area contributed by atoms with Gasteiger partial charge in [-0.05, 0) is 69.1 Å². The van der Waals surface area contributed by atoms with Crippen molar-refractivity contribution >= 4 is 5.91 Å². The van der Waals surface area contributed by atoms with Crippen molar-refractivity contribution in [1.29, 1.82) is 0 Å². The molecule has 26 heavy (non-hydrogen) atoms. The molecule has 4 heteroatoms. The van der Waals surface area contributed by atoms with Crippen molar-refractivity contribution in [3.63, 3.8) is 0 Å². The first-order chi connectivity index (χ1) is 12.5. The molecule has 2 aromatic carbocycles. The largest absolute Gasteiger partial charge is 0.508 e. The van der Waals surface area contributed by atoms with Crippen molar-refractivity contribution in [2.45, 2.75) is 38.8 Å². The summed E-state index contributed by atoms with van der Waals surface area (Å²) in [4.78, 5) is 17.2. The molecule has 0 saturated carbocycles. The van der Waals surface area contributed by atoms with E-state index in [-0.39, 0.29) is 17.7 Å². The Hall–Kier alpha value is -2.33. The molecular weight excluding hydrogens is 324 g/mol. The molecule has 0 radical (unpaired) electrons. The average Bonchev–Trinajstić information content (AvgIpc) is 2.63. The smallest absolute Gasteiger partial charge is 0.254 e. The topological polar surface area (TPSA) is 43.8 Å². The van der Waals surface area contributed by atoms with E-state index in [0.29, 0.717) is 5.56 Å². The fourth-order valence-corrected chi connectivity index (χ4v) is 3.64. The van der Waals surface area contributed by atoms with Crippen LogP contribution in [0.5, 0.6) is 5.75 Å². The molecule has 1 amide bonds. The molecule has 1 N–H and O–H groups in total. The molecule has 4 nitrogen and oxygen atoms in total. The van der Waals surface area contributed by atoms with Crippen molar-refractivity contribution in [3.05, 3.63) is 64.7 Å². The van der Waals surface area contributed by atoms with Crippen LogP contribution in [0.3, 0.4) is 0 Å². The zero-order chi connectivity index (χ0) is 18.7. The molecule has 3 rings (SSSR count). The van der Waals surface area contributed by atoms with E-state index in [9.17, 15) is 9.90 Å². The summed E-state index contributed by atoms with van der Waals surface area (Å²) in [5.74, 6) is 0.180. The molecule has 0 aromatic heterocycles. The van der Waals surface area contributed by atoms with Gasteiger partial charge in [-0.2, -0.15) is 0 Å². The minimum atomic E-state index is 0.00219. The number of aromatic hydroxyl groups is 1. The van der Waals surface area contributed by atoms with E-state index in [0.717, 1.165) is 37.9 Å². The Bertz CT molecular complexity index is 768. The van der Waals surface area contributed by atoms with E-state index in [1.165, 1.54) is 11.1 Å². The Labute approximate surface area is 156 Å². The number of hydrogen-bond donors (Lipinski definition) is 1. The van der Waals surface area contributed by atoms with Crippen molar-refractivity contribution in [2.75, 3.05) is 20.6 Å². The number of likely N-dealkylation sites (tertiary alicyclic amines) is 1. The van der Waals surface area contributed by atoms with Crippen LogP contribution in [0.2, 0.25) is 0 Å². The SMILES string of the molecule is Cc1ccc(C(=O)N2CCCCC2c2ccc(CN(C)C)cc2)cc1O. The number of rotatable bonds is 4. The third kappa shape index (κ3) is 4.07. The predicted octanol–water partition coefficient (Wildman–Crippen LogP) is 4.13. The van der Waals surface area contributed by atoms with Crippen LogP contribution in [-0.2, 0) is 6.54 Å². The normalized spacial score (nSPS) is 17.5. The number of piperidine rings is 1. The van der Waals surface area contributed by atoms with Gasteiger partial charge < -0.3 is 14.9 Å². The number of benzene rings is 2. The molecule has 0 spiro atoms. The highest BCUT2D eigenvalue weighted by atomic mass is 16.3. The number of hydrogen-bond acceptors (Lipinski definition) is 3. The standard InChI is InChI=1S/C22H28N2O2/c1-16-7-10-19(14-21(16)25)22(26)24-13-5-4-6-20(24)18-11-8-17(9-12-18)15-23(2)3/h7-12,14,20,25H,4-6,13,15H2,1-3H3. The van der Waals surface area contributed by atoms with Crippen LogP contribution in [0, 0.1) is 6.92 Å². The maximum absolute atomic E-state index is 13.1. The fourth-order valence-electron chi connectivity index (χ4n) is 3.64. The first kappa shape index (κ1) is 18.5. The Morgan fingerprint density at radius 2 is 1.88 bits per heavy atom. The maximum atomic E-state index is 13.1. The number of aryl methyl sites for hydroxylation is 1. The van der Waals surface area contributed by atoms with Crippen LogP contribution in [0.15, 0.2) is 42.5 Å². The summed E-state index contributed by atoms with van der Waals surface area (Å²) in [5.41, 5.74) is 3.81. The molecule has 1 heterocycles. The molecule has 1 unspecified atom stereocenters. The maximum Gasteiger partial charge on any atom is 0.254 e. The van der Waals surface area contributed by atoms with Gasteiger partial charge in [0.05, 0.1) is 6.04 Å². The second-order valence-corrected chi connectivity index (χ2v) is 7.49. The quantitative estimate of drug-likeness (QED) is 0.900. The Kier molecular flexibility index (Phi) is 5.62. The summed E-state index contributed by atoms with van der Waals surface area (Å²) in [6, 6.07) is 13.9. The fraction of sp³-hybridized carbons (Fsp3) is 0.409. The minimum absolute atomic E-state index is 0.00219. The van der Waals surface area contributed by atoms with Crippen LogP contribution in [0.1, 0.15) is 52.4 Å². The van der Waals surface area contributed by atoms with Gasteiger partial charge in [-0.25, -0.2) is 0 Å². The molecule has 138 valence electrons. The minimum Gasteiger partial charge on any atom is -0.508 e. The molecule has 1 aliphatic heterocycles. The molecule has 1 atom stereocenters. The summed E-state index contributed by atoms with van der Waals surface area (Å²) in [5, 5.41) is 9.96.